The maximum absolute atomic E-state index is 9.22. The summed E-state index contributed by atoms with van der Waals surface area (Å²) in [6.07, 6.45) is 3.77. The van der Waals surface area contributed by atoms with E-state index in [1.807, 2.05) is 12.1 Å². The van der Waals surface area contributed by atoms with Gasteiger partial charge in [-0.3, -0.25) is 0 Å². The molecule has 0 aliphatic rings. The van der Waals surface area contributed by atoms with Crippen molar-refractivity contribution >= 4 is 16.6 Å². The molecule has 0 radical (unpaired) electrons. The second kappa shape index (κ2) is 8.05. The van der Waals surface area contributed by atoms with E-state index in [9.17, 15) is 5.26 Å². The summed E-state index contributed by atoms with van der Waals surface area (Å²) in [6.45, 7) is 12.6. The van der Waals surface area contributed by atoms with Crippen LogP contribution in [-0.4, -0.2) is 0 Å². The Bertz CT molecular complexity index is 603. The van der Waals surface area contributed by atoms with Crippen LogP contribution in [0.3, 0.4) is 0 Å². The molecule has 0 fully saturated rings. The van der Waals surface area contributed by atoms with Gasteiger partial charge in [-0.1, -0.05) is 50.9 Å². The summed E-state index contributed by atoms with van der Waals surface area (Å²) in [5.41, 5.74) is 6.20. The van der Waals surface area contributed by atoms with Crippen molar-refractivity contribution in [2.24, 2.45) is 0 Å². The van der Waals surface area contributed by atoms with Gasteiger partial charge in [0, 0.05) is 0 Å². The van der Waals surface area contributed by atoms with Crippen molar-refractivity contribution < 1.29 is 0 Å². The Morgan fingerprint density at radius 1 is 1.29 bits per heavy atom. The topological polar surface area (TPSA) is 23.8 Å². The highest BCUT2D eigenvalue weighted by atomic mass is 35.5. The van der Waals surface area contributed by atoms with Crippen molar-refractivity contribution in [1.82, 2.24) is 0 Å². The first-order valence-corrected chi connectivity index (χ1v) is 7.98. The molecule has 21 heavy (non-hydrogen) atoms. The lowest BCUT2D eigenvalue weighted by Crippen LogP contribution is -1.98. The summed E-state index contributed by atoms with van der Waals surface area (Å²) in [5.74, 6) is 0. The second-order valence-electron chi connectivity index (χ2n) is 5.27. The minimum Gasteiger partial charge on any atom is -0.192 e. The Balaban J connectivity index is 3.49. The third-order valence-electron chi connectivity index (χ3n) is 3.86. The van der Waals surface area contributed by atoms with E-state index >= 15 is 0 Å². The van der Waals surface area contributed by atoms with Crippen LogP contribution in [0, 0.1) is 18.3 Å². The highest BCUT2D eigenvalue weighted by molar-refractivity contribution is 6.49. The van der Waals surface area contributed by atoms with Crippen LogP contribution in [0.15, 0.2) is 29.9 Å². The third-order valence-corrected chi connectivity index (χ3v) is 4.29. The lowest BCUT2D eigenvalue weighted by atomic mass is 9.92. The number of benzene rings is 1. The van der Waals surface area contributed by atoms with Crippen molar-refractivity contribution in [3.8, 4) is 6.07 Å². The molecule has 1 aromatic carbocycles. The Morgan fingerprint density at radius 2 is 1.95 bits per heavy atom. The first-order valence-electron chi connectivity index (χ1n) is 7.60. The maximum atomic E-state index is 9.22. The van der Waals surface area contributed by atoms with Crippen molar-refractivity contribution in [3.63, 3.8) is 0 Å². The Labute approximate surface area is 133 Å². The molecule has 0 aliphatic heterocycles. The lowest BCUT2D eigenvalue weighted by molar-refractivity contribution is 0.900. The molecule has 0 amide bonds. The van der Waals surface area contributed by atoms with E-state index in [4.69, 9.17) is 11.6 Å². The molecule has 0 aliphatic carbocycles. The smallest absolute Gasteiger partial charge is 0.0991 e. The molecule has 0 unspecified atom stereocenters. The molecule has 0 saturated carbocycles. The zero-order valence-electron chi connectivity index (χ0n) is 13.5. The van der Waals surface area contributed by atoms with Crippen LogP contribution in [0.25, 0.3) is 5.03 Å². The van der Waals surface area contributed by atoms with Crippen LogP contribution >= 0.6 is 11.6 Å². The van der Waals surface area contributed by atoms with Gasteiger partial charge < -0.3 is 0 Å². The van der Waals surface area contributed by atoms with Gasteiger partial charge in [0.25, 0.3) is 0 Å². The summed E-state index contributed by atoms with van der Waals surface area (Å²) in [7, 11) is 0. The van der Waals surface area contributed by atoms with Gasteiger partial charge in [0.05, 0.1) is 16.7 Å². The molecule has 0 N–H and O–H groups in total. The predicted molar refractivity (Wildman–Crippen MR) is 92.4 cm³/mol. The summed E-state index contributed by atoms with van der Waals surface area (Å²) >= 11 is 6.68. The van der Waals surface area contributed by atoms with Gasteiger partial charge in [-0.25, -0.2) is 0 Å². The molecular weight excluding hydrogens is 278 g/mol. The Kier molecular flexibility index (Phi) is 6.72. The summed E-state index contributed by atoms with van der Waals surface area (Å²) in [5, 5.41) is 9.97. The van der Waals surface area contributed by atoms with Gasteiger partial charge in [-0.15, -0.1) is 0 Å². The van der Waals surface area contributed by atoms with E-state index in [1.165, 1.54) is 5.56 Å². The molecule has 112 valence electrons. The quantitative estimate of drug-likeness (QED) is 0.578. The monoisotopic (exact) mass is 301 g/mol. The molecule has 0 heterocycles. The van der Waals surface area contributed by atoms with Gasteiger partial charge >= 0.3 is 0 Å². The molecule has 1 rings (SSSR count). The van der Waals surface area contributed by atoms with E-state index in [0.717, 1.165) is 53.0 Å². The van der Waals surface area contributed by atoms with Crippen LogP contribution in [0.5, 0.6) is 0 Å². The van der Waals surface area contributed by atoms with Crippen LogP contribution < -0.4 is 0 Å². The standard InChI is InChI=1S/C19H24ClN/c1-6-9-13(4)17(8-3)19(20)18-11-15(12-21)10-16(7-2)14(18)5/h10-11H,4,6-9H2,1-3,5H3/b19-17+. The first-order chi connectivity index (χ1) is 9.99. The second-order valence-corrected chi connectivity index (χ2v) is 5.65. The van der Waals surface area contributed by atoms with Gasteiger partial charge in [0.1, 0.15) is 0 Å². The fraction of sp³-hybridized carbons (Fsp3) is 0.421. The highest BCUT2D eigenvalue weighted by Crippen LogP contribution is 2.34. The Morgan fingerprint density at radius 3 is 2.43 bits per heavy atom. The summed E-state index contributed by atoms with van der Waals surface area (Å²) in [4.78, 5) is 0. The maximum Gasteiger partial charge on any atom is 0.0991 e. The number of hydrogen-bond acceptors (Lipinski definition) is 1. The highest BCUT2D eigenvalue weighted by Gasteiger charge is 2.14. The van der Waals surface area contributed by atoms with Crippen LogP contribution in [0.4, 0.5) is 0 Å². The zero-order valence-corrected chi connectivity index (χ0v) is 14.3. The number of hydrogen-bond donors (Lipinski definition) is 0. The minimum atomic E-state index is 0.669. The van der Waals surface area contributed by atoms with E-state index in [1.54, 1.807) is 0 Å². The van der Waals surface area contributed by atoms with Crippen LogP contribution in [0.2, 0.25) is 0 Å². The lowest BCUT2D eigenvalue weighted by Gasteiger charge is -2.16. The predicted octanol–water partition coefficient (Wildman–Crippen LogP) is 6.15. The largest absolute Gasteiger partial charge is 0.192 e. The Hall–Kier alpha value is -1.52. The van der Waals surface area contributed by atoms with Gasteiger partial charge in [0.2, 0.25) is 0 Å². The van der Waals surface area contributed by atoms with E-state index in [-0.39, 0.29) is 0 Å². The summed E-state index contributed by atoms with van der Waals surface area (Å²) in [6, 6.07) is 6.08. The van der Waals surface area contributed by atoms with Crippen molar-refractivity contribution in [1.29, 1.82) is 5.26 Å². The van der Waals surface area contributed by atoms with Crippen LogP contribution in [-0.2, 0) is 6.42 Å². The number of nitriles is 1. The fourth-order valence-corrected chi connectivity index (χ4v) is 3.07. The minimum absolute atomic E-state index is 0.669. The van der Waals surface area contributed by atoms with Crippen molar-refractivity contribution in [2.75, 3.05) is 0 Å². The van der Waals surface area contributed by atoms with E-state index in [2.05, 4.69) is 40.3 Å². The summed E-state index contributed by atoms with van der Waals surface area (Å²) < 4.78 is 0. The first kappa shape index (κ1) is 17.5. The normalized spacial score (nSPS) is 11.8. The molecule has 0 atom stereocenters. The van der Waals surface area contributed by atoms with Crippen LogP contribution in [0.1, 0.15) is 62.3 Å². The van der Waals surface area contributed by atoms with E-state index < -0.39 is 0 Å². The molecular formula is C19H24ClN. The SMILES string of the molecule is C=C(CCC)/C(CC)=C(/Cl)c1cc(C#N)cc(CC)c1C. The average molecular weight is 302 g/mol. The van der Waals surface area contributed by atoms with Gasteiger partial charge in [0.15, 0.2) is 0 Å². The fourth-order valence-electron chi connectivity index (χ4n) is 2.61. The number of allylic oxidation sites excluding steroid dienone is 2. The molecule has 0 spiro atoms. The molecule has 0 bridgehead atoms. The molecule has 1 nitrogen and oxygen atoms in total. The number of aryl methyl sites for hydroxylation is 1. The van der Waals surface area contributed by atoms with Crippen molar-refractivity contribution in [3.05, 3.63) is 52.1 Å². The van der Waals surface area contributed by atoms with Crippen molar-refractivity contribution in [2.45, 2.75) is 53.4 Å². The molecule has 0 saturated heterocycles. The van der Waals surface area contributed by atoms with Gasteiger partial charge in [-0.05, 0) is 60.6 Å². The number of nitrogens with zero attached hydrogens (tertiary/aromatic N) is 1. The average Bonchev–Trinajstić information content (AvgIpc) is 2.48. The van der Waals surface area contributed by atoms with E-state index in [0.29, 0.717) is 5.56 Å². The number of halogens is 1. The van der Waals surface area contributed by atoms with Gasteiger partial charge in [-0.2, -0.15) is 5.26 Å². The molecule has 2 heteroatoms. The zero-order chi connectivity index (χ0) is 16.0. The number of rotatable bonds is 6. The molecule has 0 aromatic heterocycles. The third kappa shape index (κ3) is 3.99. The molecule has 1 aromatic rings.